The van der Waals surface area contributed by atoms with E-state index in [1.165, 1.54) is 16.9 Å². The monoisotopic (exact) mass is 538 g/mol. The molecule has 1 atom stereocenters. The van der Waals surface area contributed by atoms with Crippen molar-refractivity contribution in [3.63, 3.8) is 0 Å². The van der Waals surface area contributed by atoms with Gasteiger partial charge in [-0.2, -0.15) is 0 Å². The molecule has 0 fully saturated rings. The van der Waals surface area contributed by atoms with Crippen molar-refractivity contribution in [1.29, 1.82) is 0 Å². The summed E-state index contributed by atoms with van der Waals surface area (Å²) >= 11 is 1.31. The van der Waals surface area contributed by atoms with Crippen LogP contribution in [0, 0.1) is 13.8 Å². The molecular weight excluding hydrogens is 508 g/mol. The van der Waals surface area contributed by atoms with Gasteiger partial charge in [0.2, 0.25) is 0 Å². The van der Waals surface area contributed by atoms with Gasteiger partial charge >= 0.3 is 5.97 Å². The van der Waals surface area contributed by atoms with Crippen molar-refractivity contribution < 1.29 is 14.3 Å². The van der Waals surface area contributed by atoms with Gasteiger partial charge in [0, 0.05) is 0 Å². The lowest BCUT2D eigenvalue weighted by Crippen LogP contribution is -2.39. The lowest BCUT2D eigenvalue weighted by Gasteiger charge is -2.24. The number of carbonyl (C=O) groups excluding carboxylic acids is 1. The number of fused-ring (bicyclic) bond motifs is 1. The summed E-state index contributed by atoms with van der Waals surface area (Å²) in [5.74, 6) is 0.295. The third kappa shape index (κ3) is 5.64. The smallest absolute Gasteiger partial charge is 0.338 e. The maximum Gasteiger partial charge on any atom is 0.338 e. The normalized spacial score (nSPS) is 15.1. The Morgan fingerprint density at radius 3 is 2.44 bits per heavy atom. The molecule has 0 spiro atoms. The first-order valence-corrected chi connectivity index (χ1v) is 13.7. The van der Waals surface area contributed by atoms with Crippen LogP contribution in [0.1, 0.15) is 47.7 Å². The quantitative estimate of drug-likeness (QED) is 0.311. The summed E-state index contributed by atoms with van der Waals surface area (Å²) in [6, 6.07) is 23.1. The highest BCUT2D eigenvalue weighted by Gasteiger charge is 2.33. The Bertz CT molecular complexity index is 1730. The molecule has 0 saturated carbocycles. The van der Waals surface area contributed by atoms with Crippen molar-refractivity contribution in [2.24, 2.45) is 4.99 Å². The van der Waals surface area contributed by atoms with Crippen molar-refractivity contribution in [3.05, 3.63) is 132 Å². The largest absolute Gasteiger partial charge is 0.489 e. The van der Waals surface area contributed by atoms with Crippen molar-refractivity contribution in [1.82, 2.24) is 4.57 Å². The predicted molar refractivity (Wildman–Crippen MR) is 154 cm³/mol. The van der Waals surface area contributed by atoms with E-state index in [4.69, 9.17) is 9.47 Å². The summed E-state index contributed by atoms with van der Waals surface area (Å²) < 4.78 is 13.4. The zero-order valence-corrected chi connectivity index (χ0v) is 23.2. The van der Waals surface area contributed by atoms with Gasteiger partial charge in [-0.15, -0.1) is 0 Å². The minimum absolute atomic E-state index is 0.196. The molecule has 1 aliphatic heterocycles. The Morgan fingerprint density at radius 2 is 1.74 bits per heavy atom. The van der Waals surface area contributed by atoms with Crippen molar-refractivity contribution in [2.45, 2.75) is 40.3 Å². The van der Waals surface area contributed by atoms with E-state index in [9.17, 15) is 9.59 Å². The van der Waals surface area contributed by atoms with Crippen LogP contribution in [-0.2, 0) is 16.1 Å². The van der Waals surface area contributed by atoms with Crippen LogP contribution in [0.25, 0.3) is 6.08 Å². The molecular formula is C32H30N2O4S. The number of benzene rings is 3. The van der Waals surface area contributed by atoms with E-state index in [2.05, 4.69) is 24.0 Å². The molecule has 0 saturated heterocycles. The van der Waals surface area contributed by atoms with Gasteiger partial charge in [0.25, 0.3) is 5.56 Å². The third-order valence-corrected chi connectivity index (χ3v) is 7.56. The fraction of sp³-hybridized carbons (Fsp3) is 0.219. The number of hydrogen-bond donors (Lipinski definition) is 0. The molecule has 198 valence electrons. The number of aryl methyl sites for hydroxylation is 2. The molecule has 6 nitrogen and oxygen atoms in total. The molecule has 0 amide bonds. The predicted octanol–water partition coefficient (Wildman–Crippen LogP) is 4.99. The van der Waals surface area contributed by atoms with Crippen molar-refractivity contribution in [3.8, 4) is 5.75 Å². The number of carbonyl (C=O) groups is 1. The highest BCUT2D eigenvalue weighted by atomic mass is 32.1. The van der Waals surface area contributed by atoms with E-state index >= 15 is 0 Å². The van der Waals surface area contributed by atoms with Gasteiger partial charge in [-0.05, 0) is 62.6 Å². The van der Waals surface area contributed by atoms with Gasteiger partial charge in [-0.1, -0.05) is 83.1 Å². The molecule has 1 aromatic heterocycles. The van der Waals surface area contributed by atoms with E-state index in [0.29, 0.717) is 27.2 Å². The van der Waals surface area contributed by atoms with E-state index in [1.54, 1.807) is 18.4 Å². The van der Waals surface area contributed by atoms with E-state index in [1.807, 2.05) is 73.7 Å². The molecule has 39 heavy (non-hydrogen) atoms. The number of nitrogens with zero attached hydrogens (tertiary/aromatic N) is 2. The Balaban J connectivity index is 1.49. The van der Waals surface area contributed by atoms with Crippen molar-refractivity contribution in [2.75, 3.05) is 6.61 Å². The maximum absolute atomic E-state index is 13.7. The molecule has 2 heterocycles. The molecule has 0 bridgehead atoms. The lowest BCUT2D eigenvalue weighted by molar-refractivity contribution is -0.139. The minimum atomic E-state index is -0.611. The summed E-state index contributed by atoms with van der Waals surface area (Å²) in [7, 11) is 0. The van der Waals surface area contributed by atoms with Gasteiger partial charge in [-0.25, -0.2) is 9.79 Å². The highest BCUT2D eigenvalue weighted by Crippen LogP contribution is 2.30. The second-order valence-corrected chi connectivity index (χ2v) is 10.6. The molecule has 3 aromatic carbocycles. The van der Waals surface area contributed by atoms with E-state index in [-0.39, 0.29) is 12.2 Å². The number of allylic oxidation sites excluding steroid dienone is 1. The molecule has 7 heteroatoms. The summed E-state index contributed by atoms with van der Waals surface area (Å²) in [4.78, 5) is 31.9. The molecule has 0 aliphatic carbocycles. The first kappa shape index (κ1) is 26.4. The number of aromatic nitrogens is 1. The van der Waals surface area contributed by atoms with Crippen LogP contribution in [-0.4, -0.2) is 17.1 Å². The van der Waals surface area contributed by atoms with Gasteiger partial charge in [0.1, 0.15) is 12.4 Å². The first-order valence-electron chi connectivity index (χ1n) is 12.9. The fourth-order valence-electron chi connectivity index (χ4n) is 4.64. The Hall–Kier alpha value is -4.23. The first-order chi connectivity index (χ1) is 18.8. The molecule has 4 aromatic rings. The SMILES string of the molecule is CCOC(=O)C1=C(C)N=c2s/c(=C/c3ccc(OCc4cccc(C)c4)cc3)c(=O)n2[C@@H]1c1ccc(C)cc1. The topological polar surface area (TPSA) is 69.9 Å². The van der Waals surface area contributed by atoms with Gasteiger partial charge < -0.3 is 9.47 Å². The maximum atomic E-state index is 13.7. The van der Waals surface area contributed by atoms with Crippen LogP contribution < -0.4 is 19.6 Å². The van der Waals surface area contributed by atoms with Gasteiger partial charge in [-0.3, -0.25) is 9.36 Å². The second kappa shape index (κ2) is 11.3. The summed E-state index contributed by atoms with van der Waals surface area (Å²) in [6.45, 7) is 8.35. The molecule has 5 rings (SSSR count). The number of rotatable bonds is 7. The Labute approximate surface area is 231 Å². The van der Waals surface area contributed by atoms with Gasteiger partial charge in [0.05, 0.1) is 28.5 Å². The number of ether oxygens (including phenoxy) is 2. The molecule has 1 aliphatic rings. The average molecular weight is 539 g/mol. The summed E-state index contributed by atoms with van der Waals surface area (Å²) in [5, 5.41) is 0. The highest BCUT2D eigenvalue weighted by molar-refractivity contribution is 7.07. The minimum Gasteiger partial charge on any atom is -0.489 e. The average Bonchev–Trinajstić information content (AvgIpc) is 3.22. The third-order valence-electron chi connectivity index (χ3n) is 6.58. The van der Waals surface area contributed by atoms with Crippen LogP contribution in [0.5, 0.6) is 5.75 Å². The zero-order valence-electron chi connectivity index (χ0n) is 22.4. The lowest BCUT2D eigenvalue weighted by atomic mass is 9.95. The van der Waals surface area contributed by atoms with Crippen LogP contribution in [0.4, 0.5) is 0 Å². The van der Waals surface area contributed by atoms with Gasteiger partial charge in [0.15, 0.2) is 4.80 Å². The van der Waals surface area contributed by atoms with E-state index < -0.39 is 12.0 Å². The van der Waals surface area contributed by atoms with E-state index in [0.717, 1.165) is 28.0 Å². The second-order valence-electron chi connectivity index (χ2n) is 9.56. The molecule has 0 N–H and O–H groups in total. The number of hydrogen-bond acceptors (Lipinski definition) is 6. The summed E-state index contributed by atoms with van der Waals surface area (Å²) in [5.41, 5.74) is 5.85. The van der Waals surface area contributed by atoms with Crippen LogP contribution in [0.15, 0.2) is 93.9 Å². The Morgan fingerprint density at radius 1 is 1.00 bits per heavy atom. The molecule has 0 radical (unpaired) electrons. The summed E-state index contributed by atoms with van der Waals surface area (Å²) in [6.07, 6.45) is 1.85. The van der Waals surface area contributed by atoms with Crippen LogP contribution in [0.3, 0.4) is 0 Å². The molecule has 0 unspecified atom stereocenters. The van der Waals surface area contributed by atoms with Crippen LogP contribution >= 0.6 is 11.3 Å². The van der Waals surface area contributed by atoms with Crippen LogP contribution in [0.2, 0.25) is 0 Å². The number of thiazole rings is 1. The Kier molecular flexibility index (Phi) is 7.61. The standard InChI is InChI=1S/C32H30N2O4S/c1-5-37-31(36)28-22(4)33-32-34(29(28)25-13-9-20(2)10-14-25)30(35)27(39-32)18-23-11-15-26(16-12-23)38-19-24-8-6-7-21(3)17-24/h6-18,29H,5,19H2,1-4H3/b27-18+/t29-/m1/s1. The van der Waals surface area contributed by atoms with Crippen molar-refractivity contribution >= 4 is 23.4 Å². The number of esters is 1. The zero-order chi connectivity index (χ0) is 27.5. The fourth-order valence-corrected chi connectivity index (χ4v) is 5.68.